The molecule has 8 heteroatoms. The van der Waals surface area contributed by atoms with Gasteiger partial charge in [0.15, 0.2) is 0 Å². The number of anilines is 4. The first-order valence-corrected chi connectivity index (χ1v) is 14.8. The van der Waals surface area contributed by atoms with Crippen molar-refractivity contribution in [2.24, 2.45) is 0 Å². The Labute approximate surface area is 253 Å². The van der Waals surface area contributed by atoms with E-state index in [9.17, 15) is 0 Å². The summed E-state index contributed by atoms with van der Waals surface area (Å²) in [4.78, 5) is 13.6. The highest BCUT2D eigenvalue weighted by Gasteiger charge is 2.51. The molecule has 5 aliphatic rings. The zero-order chi connectivity index (χ0) is 28.5. The van der Waals surface area contributed by atoms with Crippen molar-refractivity contribution in [2.75, 3.05) is 9.80 Å². The van der Waals surface area contributed by atoms with E-state index in [-0.39, 0.29) is 18.8 Å². The Balaban J connectivity index is 1.15. The second-order valence-corrected chi connectivity index (χ2v) is 11.8. The molecule has 0 aliphatic carbocycles. The molecule has 5 aromatic carbocycles. The fraction of sp³-hybridized carbons (Fsp3) is 0.0556. The molecule has 0 saturated carbocycles. The molecule has 2 unspecified atom stereocenters. The van der Waals surface area contributed by atoms with Crippen LogP contribution in [-0.4, -0.2) is 22.8 Å². The van der Waals surface area contributed by atoms with Gasteiger partial charge in [0, 0.05) is 39.9 Å². The number of ether oxygens (including phenoxy) is 3. The molecule has 0 radical (unpaired) electrons. The molecule has 0 saturated heterocycles. The number of nitrogens with zero attached hydrogens (tertiary/aromatic N) is 4. The Kier molecular flexibility index (Phi) is 4.14. The molecule has 0 N–H and O–H groups in total. The van der Waals surface area contributed by atoms with Gasteiger partial charge < -0.3 is 24.0 Å². The van der Waals surface area contributed by atoms with Crippen molar-refractivity contribution in [2.45, 2.75) is 12.1 Å². The van der Waals surface area contributed by atoms with Crippen LogP contribution in [0.1, 0.15) is 17.0 Å². The van der Waals surface area contributed by atoms with Gasteiger partial charge in [-0.3, -0.25) is 0 Å². The van der Waals surface area contributed by atoms with E-state index in [0.717, 1.165) is 73.6 Å². The summed E-state index contributed by atoms with van der Waals surface area (Å²) in [6.45, 7) is -0.0185. The number of fused-ring (bicyclic) bond motifs is 5. The summed E-state index contributed by atoms with van der Waals surface area (Å²) in [7, 11) is 0. The first kappa shape index (κ1) is 22.8. The van der Waals surface area contributed by atoms with Crippen LogP contribution in [0.25, 0.3) is 0 Å². The van der Waals surface area contributed by atoms with E-state index in [4.69, 9.17) is 14.2 Å². The van der Waals surface area contributed by atoms with Crippen LogP contribution in [0.2, 0.25) is 0 Å². The lowest BCUT2D eigenvalue weighted by atomic mass is 9.34. The molecular weight excluding hydrogens is 547 g/mol. The number of benzene rings is 5. The quantitative estimate of drug-likeness (QED) is 0.235. The highest BCUT2D eigenvalue weighted by Crippen LogP contribution is 2.58. The molecule has 7 nitrogen and oxygen atoms in total. The second kappa shape index (κ2) is 7.99. The minimum atomic E-state index is -0.0749. The number of hydrogen-bond acceptors (Lipinski definition) is 7. The lowest BCUT2D eigenvalue weighted by molar-refractivity contribution is 0.443. The standard InChI is InChI=1S/C36H21BN4O3/c1-3-9-24-22(7-1)32-23-8-2-4-10-25(23)41(21-17-38-19-39-18-21)36(32)40(24)20-15-30-35-31(16-20)44-29-14-6-12-27-34(29)37(35)33-26(42-27)11-5-13-28(33)43-30/h1-19,32,36H. The average Bonchev–Trinajstić information content (AvgIpc) is 3.58. The zero-order valence-electron chi connectivity index (χ0n) is 23.2. The van der Waals surface area contributed by atoms with Crippen molar-refractivity contribution in [1.82, 2.24) is 9.97 Å². The Hall–Kier alpha value is -5.76. The Morgan fingerprint density at radius 2 is 1.00 bits per heavy atom. The van der Waals surface area contributed by atoms with Crippen molar-refractivity contribution >= 4 is 45.9 Å². The molecule has 44 heavy (non-hydrogen) atoms. The summed E-state index contributed by atoms with van der Waals surface area (Å²) in [5.41, 5.74) is 10.0. The molecule has 0 bridgehead atoms. The molecule has 0 amide bonds. The van der Waals surface area contributed by atoms with E-state index in [1.807, 2.05) is 48.8 Å². The minimum absolute atomic E-state index is 0.0185. The van der Waals surface area contributed by atoms with E-state index < -0.39 is 0 Å². The van der Waals surface area contributed by atoms with E-state index >= 15 is 0 Å². The average molecular weight is 568 g/mol. The number of para-hydroxylation sites is 2. The molecule has 5 aliphatic heterocycles. The van der Waals surface area contributed by atoms with Crippen LogP contribution < -0.4 is 40.4 Å². The maximum absolute atomic E-state index is 6.70. The van der Waals surface area contributed by atoms with Gasteiger partial charge in [-0.15, -0.1) is 0 Å². The van der Waals surface area contributed by atoms with Crippen molar-refractivity contribution in [3.63, 3.8) is 0 Å². The predicted octanol–water partition coefficient (Wildman–Crippen LogP) is 6.07. The molecule has 6 aromatic rings. The van der Waals surface area contributed by atoms with Crippen LogP contribution in [-0.2, 0) is 0 Å². The topological polar surface area (TPSA) is 60.0 Å². The maximum atomic E-state index is 6.70. The van der Waals surface area contributed by atoms with Crippen LogP contribution in [0.3, 0.4) is 0 Å². The lowest BCUT2D eigenvalue weighted by Crippen LogP contribution is -2.59. The van der Waals surface area contributed by atoms with Gasteiger partial charge in [0.25, 0.3) is 6.71 Å². The van der Waals surface area contributed by atoms with Crippen molar-refractivity contribution in [3.05, 3.63) is 127 Å². The maximum Gasteiger partial charge on any atom is 0.270 e. The summed E-state index contributed by atoms with van der Waals surface area (Å²) in [6, 6.07) is 33.8. The molecule has 206 valence electrons. The van der Waals surface area contributed by atoms with Gasteiger partial charge in [-0.25, -0.2) is 9.97 Å². The van der Waals surface area contributed by atoms with Crippen molar-refractivity contribution in [3.8, 4) is 34.5 Å². The summed E-state index contributed by atoms with van der Waals surface area (Å²) in [6.07, 6.45) is 5.29. The number of hydrogen-bond donors (Lipinski definition) is 0. The van der Waals surface area contributed by atoms with E-state index in [2.05, 4.69) is 80.4 Å². The molecular formula is C36H21BN4O3. The van der Waals surface area contributed by atoms with Gasteiger partial charge in [-0.05, 0) is 47.5 Å². The van der Waals surface area contributed by atoms with Gasteiger partial charge in [-0.1, -0.05) is 48.5 Å². The van der Waals surface area contributed by atoms with E-state index in [0.29, 0.717) is 0 Å². The first-order chi connectivity index (χ1) is 21.8. The van der Waals surface area contributed by atoms with Gasteiger partial charge in [0.1, 0.15) is 47.0 Å². The third kappa shape index (κ3) is 2.74. The normalized spacial score (nSPS) is 18.4. The Bertz CT molecular complexity index is 2130. The highest BCUT2D eigenvalue weighted by atomic mass is 16.5. The van der Waals surface area contributed by atoms with Crippen LogP contribution in [0, 0.1) is 0 Å². The SMILES string of the molecule is c1cc2c3c(c1)Oc1cc(N4c5ccccc5C5c6ccccc6N(c6cncnc6)C54)cc4c1B3c1c(cccc1O4)O2. The van der Waals surface area contributed by atoms with Crippen molar-refractivity contribution in [1.29, 1.82) is 0 Å². The Morgan fingerprint density at radius 1 is 0.523 bits per heavy atom. The summed E-state index contributed by atoms with van der Waals surface area (Å²) in [5, 5.41) is 0. The first-order valence-electron chi connectivity index (χ1n) is 14.8. The summed E-state index contributed by atoms with van der Waals surface area (Å²) < 4.78 is 19.7. The van der Waals surface area contributed by atoms with Gasteiger partial charge in [-0.2, -0.15) is 0 Å². The third-order valence-electron chi connectivity index (χ3n) is 9.66. The van der Waals surface area contributed by atoms with E-state index in [1.54, 1.807) is 6.33 Å². The molecule has 6 heterocycles. The van der Waals surface area contributed by atoms with Crippen LogP contribution in [0.5, 0.6) is 34.5 Å². The highest BCUT2D eigenvalue weighted by molar-refractivity contribution is 6.99. The van der Waals surface area contributed by atoms with Gasteiger partial charge in [0.05, 0.1) is 29.7 Å². The summed E-state index contributed by atoms with van der Waals surface area (Å²) in [5.74, 6) is 5.05. The van der Waals surface area contributed by atoms with Crippen molar-refractivity contribution < 1.29 is 14.2 Å². The molecule has 11 rings (SSSR count). The number of aromatic nitrogens is 2. The largest absolute Gasteiger partial charge is 0.458 e. The number of rotatable bonds is 2. The fourth-order valence-electron chi connectivity index (χ4n) is 8.07. The third-order valence-corrected chi connectivity index (χ3v) is 9.66. The second-order valence-electron chi connectivity index (χ2n) is 11.8. The fourth-order valence-corrected chi connectivity index (χ4v) is 8.07. The minimum Gasteiger partial charge on any atom is -0.458 e. The molecule has 1 aromatic heterocycles. The molecule has 0 spiro atoms. The van der Waals surface area contributed by atoms with Crippen LogP contribution in [0.15, 0.2) is 116 Å². The van der Waals surface area contributed by atoms with E-state index in [1.165, 1.54) is 11.1 Å². The molecule has 2 atom stereocenters. The molecule has 0 fully saturated rings. The van der Waals surface area contributed by atoms with Gasteiger partial charge in [0.2, 0.25) is 0 Å². The van der Waals surface area contributed by atoms with Crippen LogP contribution >= 0.6 is 0 Å². The summed E-state index contributed by atoms with van der Waals surface area (Å²) >= 11 is 0. The predicted molar refractivity (Wildman–Crippen MR) is 169 cm³/mol. The van der Waals surface area contributed by atoms with Crippen LogP contribution in [0.4, 0.5) is 22.7 Å². The Morgan fingerprint density at radius 3 is 1.57 bits per heavy atom. The smallest absolute Gasteiger partial charge is 0.270 e. The lowest BCUT2D eigenvalue weighted by Gasteiger charge is -2.39. The monoisotopic (exact) mass is 568 g/mol. The van der Waals surface area contributed by atoms with Gasteiger partial charge >= 0.3 is 0 Å². The zero-order valence-corrected chi connectivity index (χ0v) is 23.2.